The Morgan fingerprint density at radius 1 is 1.14 bits per heavy atom. The van der Waals surface area contributed by atoms with Crippen LogP contribution in [0.4, 0.5) is 10.9 Å². The summed E-state index contributed by atoms with van der Waals surface area (Å²) in [6.07, 6.45) is 4.65. The van der Waals surface area contributed by atoms with Gasteiger partial charge in [-0.2, -0.15) is 10.2 Å². The molecule has 1 N–H and O–H groups in total. The standard InChI is InChI=1S/C18H17BrClN7S/c1-12-14(19)11-27(24-12)9-7-17-22-23-18(28-17)21-16-6-8-26(25-16)10-13-4-2-3-5-15(13)20/h2-6,8,11H,7,9-10H2,1H3,(H,21,23,25). The lowest BCUT2D eigenvalue weighted by Crippen LogP contribution is -2.01. The van der Waals surface area contributed by atoms with Gasteiger partial charge < -0.3 is 5.32 Å². The van der Waals surface area contributed by atoms with E-state index in [2.05, 4.69) is 41.6 Å². The van der Waals surface area contributed by atoms with Gasteiger partial charge in [0.2, 0.25) is 5.13 Å². The van der Waals surface area contributed by atoms with E-state index in [1.165, 1.54) is 11.3 Å². The third-order valence-corrected chi connectivity index (χ3v) is 6.12. The molecule has 0 bridgehead atoms. The van der Waals surface area contributed by atoms with Crippen molar-refractivity contribution in [1.29, 1.82) is 0 Å². The fraction of sp³-hybridized carbons (Fsp3) is 0.222. The molecule has 1 aromatic carbocycles. The minimum atomic E-state index is 0.613. The first-order valence-corrected chi connectivity index (χ1v) is 10.6. The molecule has 7 nitrogen and oxygen atoms in total. The zero-order valence-electron chi connectivity index (χ0n) is 15.0. The lowest BCUT2D eigenvalue weighted by molar-refractivity contribution is 0.606. The molecule has 0 spiro atoms. The molecule has 3 heterocycles. The molecule has 0 atom stereocenters. The van der Waals surface area contributed by atoms with Crippen molar-refractivity contribution in [1.82, 2.24) is 29.8 Å². The molecule has 10 heteroatoms. The second kappa shape index (κ2) is 8.42. The SMILES string of the molecule is Cc1nn(CCc2nnc(Nc3ccn(Cc4ccccc4Cl)n3)s2)cc1Br. The average molecular weight is 479 g/mol. The van der Waals surface area contributed by atoms with Crippen molar-refractivity contribution in [3.05, 3.63) is 68.5 Å². The summed E-state index contributed by atoms with van der Waals surface area (Å²) in [5.41, 5.74) is 2.00. The molecule has 0 unspecified atom stereocenters. The van der Waals surface area contributed by atoms with Crippen molar-refractivity contribution in [2.75, 3.05) is 5.32 Å². The van der Waals surface area contributed by atoms with E-state index >= 15 is 0 Å². The van der Waals surface area contributed by atoms with Gasteiger partial charge in [-0.15, -0.1) is 10.2 Å². The number of benzene rings is 1. The van der Waals surface area contributed by atoms with Gasteiger partial charge in [-0.3, -0.25) is 9.36 Å². The first-order valence-electron chi connectivity index (χ1n) is 8.62. The van der Waals surface area contributed by atoms with E-state index in [-0.39, 0.29) is 0 Å². The van der Waals surface area contributed by atoms with Crippen molar-refractivity contribution in [2.24, 2.45) is 0 Å². The highest BCUT2D eigenvalue weighted by molar-refractivity contribution is 9.10. The van der Waals surface area contributed by atoms with Crippen LogP contribution >= 0.6 is 38.9 Å². The summed E-state index contributed by atoms with van der Waals surface area (Å²) in [5.74, 6) is 0.724. The number of rotatable bonds is 7. The molecule has 0 radical (unpaired) electrons. The molecule has 0 aliphatic rings. The van der Waals surface area contributed by atoms with E-state index in [0.717, 1.165) is 49.7 Å². The molecule has 0 fully saturated rings. The number of anilines is 2. The summed E-state index contributed by atoms with van der Waals surface area (Å²) in [4.78, 5) is 0. The fourth-order valence-electron chi connectivity index (χ4n) is 2.65. The number of aryl methyl sites for hydroxylation is 3. The number of hydrogen-bond donors (Lipinski definition) is 1. The van der Waals surface area contributed by atoms with Gasteiger partial charge in [-0.05, 0) is 34.5 Å². The lowest BCUT2D eigenvalue weighted by atomic mass is 10.2. The molecule has 4 aromatic rings. The van der Waals surface area contributed by atoms with Crippen molar-refractivity contribution in [3.8, 4) is 0 Å². The van der Waals surface area contributed by atoms with Crippen LogP contribution in [0, 0.1) is 6.92 Å². The highest BCUT2D eigenvalue weighted by Crippen LogP contribution is 2.21. The Hall–Kier alpha value is -2.23. The van der Waals surface area contributed by atoms with Crippen LogP contribution in [0.2, 0.25) is 5.02 Å². The Kier molecular flexibility index (Phi) is 5.74. The van der Waals surface area contributed by atoms with E-state index in [9.17, 15) is 0 Å². The van der Waals surface area contributed by atoms with Crippen molar-refractivity contribution < 1.29 is 0 Å². The molecular weight excluding hydrogens is 462 g/mol. The second-order valence-electron chi connectivity index (χ2n) is 6.19. The molecule has 0 saturated heterocycles. The third kappa shape index (κ3) is 4.60. The number of hydrogen-bond acceptors (Lipinski definition) is 6. The van der Waals surface area contributed by atoms with Crippen LogP contribution in [0.15, 0.2) is 47.2 Å². The Bertz CT molecular complexity index is 1070. The smallest absolute Gasteiger partial charge is 0.211 e. The number of aromatic nitrogens is 6. The second-order valence-corrected chi connectivity index (χ2v) is 8.52. The zero-order chi connectivity index (χ0) is 19.5. The monoisotopic (exact) mass is 477 g/mol. The van der Waals surface area contributed by atoms with Crippen LogP contribution in [-0.4, -0.2) is 29.8 Å². The first kappa shape index (κ1) is 19.1. The Labute approximate surface area is 179 Å². The van der Waals surface area contributed by atoms with E-state index < -0.39 is 0 Å². The van der Waals surface area contributed by atoms with Gasteiger partial charge in [-0.1, -0.05) is 41.1 Å². The summed E-state index contributed by atoms with van der Waals surface area (Å²) in [6, 6.07) is 9.67. The van der Waals surface area contributed by atoms with E-state index in [1.807, 2.05) is 59.0 Å². The van der Waals surface area contributed by atoms with Crippen molar-refractivity contribution in [3.63, 3.8) is 0 Å². The van der Waals surface area contributed by atoms with Crippen molar-refractivity contribution >= 4 is 49.8 Å². The molecule has 0 saturated carbocycles. The van der Waals surface area contributed by atoms with E-state index in [4.69, 9.17) is 11.6 Å². The van der Waals surface area contributed by atoms with Crippen LogP contribution < -0.4 is 5.32 Å². The van der Waals surface area contributed by atoms with Gasteiger partial charge in [0.05, 0.1) is 16.7 Å². The predicted molar refractivity (Wildman–Crippen MR) is 114 cm³/mol. The molecule has 28 heavy (non-hydrogen) atoms. The van der Waals surface area contributed by atoms with Gasteiger partial charge >= 0.3 is 0 Å². The summed E-state index contributed by atoms with van der Waals surface area (Å²) in [5, 5.41) is 23.0. The summed E-state index contributed by atoms with van der Waals surface area (Å²) < 4.78 is 4.76. The highest BCUT2D eigenvalue weighted by atomic mass is 79.9. The fourth-order valence-corrected chi connectivity index (χ4v) is 3.90. The van der Waals surface area contributed by atoms with Gasteiger partial charge in [0.1, 0.15) is 5.01 Å². The molecule has 3 aromatic heterocycles. The van der Waals surface area contributed by atoms with Crippen LogP contribution in [0.5, 0.6) is 0 Å². The lowest BCUT2D eigenvalue weighted by Gasteiger charge is -2.04. The van der Waals surface area contributed by atoms with Crippen LogP contribution in [0.1, 0.15) is 16.3 Å². The van der Waals surface area contributed by atoms with E-state index in [1.54, 1.807) is 0 Å². The maximum atomic E-state index is 6.22. The average Bonchev–Trinajstić information content (AvgIpc) is 3.38. The summed E-state index contributed by atoms with van der Waals surface area (Å²) >= 11 is 11.2. The zero-order valence-corrected chi connectivity index (χ0v) is 18.2. The molecule has 0 aliphatic heterocycles. The minimum absolute atomic E-state index is 0.613. The van der Waals surface area contributed by atoms with Crippen LogP contribution in [0.25, 0.3) is 0 Å². The Balaban J connectivity index is 1.35. The van der Waals surface area contributed by atoms with Gasteiger partial charge in [0, 0.05) is 36.4 Å². The quantitative estimate of drug-likeness (QED) is 0.417. The Morgan fingerprint density at radius 2 is 2.00 bits per heavy atom. The maximum Gasteiger partial charge on any atom is 0.211 e. The Morgan fingerprint density at radius 3 is 2.79 bits per heavy atom. The number of nitrogens with zero attached hydrogens (tertiary/aromatic N) is 6. The molecular formula is C18H17BrClN7S. The van der Waals surface area contributed by atoms with Gasteiger partial charge in [0.15, 0.2) is 5.82 Å². The first-order chi connectivity index (χ1) is 13.6. The van der Waals surface area contributed by atoms with Crippen LogP contribution in [0.3, 0.4) is 0 Å². The molecule has 0 amide bonds. The van der Waals surface area contributed by atoms with E-state index in [0.29, 0.717) is 6.54 Å². The molecule has 0 aliphatic carbocycles. The summed E-state index contributed by atoms with van der Waals surface area (Å²) in [6.45, 7) is 3.34. The number of nitrogens with one attached hydrogen (secondary N) is 1. The molecule has 4 rings (SSSR count). The predicted octanol–water partition coefficient (Wildman–Crippen LogP) is 4.69. The third-order valence-electron chi connectivity index (χ3n) is 4.07. The maximum absolute atomic E-state index is 6.22. The number of halogens is 2. The minimum Gasteiger partial charge on any atom is -0.313 e. The highest BCUT2D eigenvalue weighted by Gasteiger charge is 2.09. The van der Waals surface area contributed by atoms with Gasteiger partial charge in [-0.25, -0.2) is 0 Å². The summed E-state index contributed by atoms with van der Waals surface area (Å²) in [7, 11) is 0. The largest absolute Gasteiger partial charge is 0.313 e. The van der Waals surface area contributed by atoms with Crippen LogP contribution in [-0.2, 0) is 19.5 Å². The van der Waals surface area contributed by atoms with Crippen molar-refractivity contribution in [2.45, 2.75) is 26.4 Å². The normalized spacial score (nSPS) is 11.1. The van der Waals surface area contributed by atoms with Gasteiger partial charge in [0.25, 0.3) is 0 Å². The molecule has 144 valence electrons. The topological polar surface area (TPSA) is 73.5 Å².